The van der Waals surface area contributed by atoms with E-state index in [9.17, 15) is 14.4 Å². The van der Waals surface area contributed by atoms with Crippen LogP contribution in [0.1, 0.15) is 44.0 Å². The molecule has 1 aromatic heterocycles. The number of halogens is 2. The first kappa shape index (κ1) is 22.0. The second-order valence-corrected chi connectivity index (χ2v) is 7.78. The molecule has 0 saturated carbocycles. The van der Waals surface area contributed by atoms with Gasteiger partial charge in [0.15, 0.2) is 5.69 Å². The van der Waals surface area contributed by atoms with Crippen molar-refractivity contribution in [1.82, 2.24) is 9.55 Å². The molecule has 0 bridgehead atoms. The fourth-order valence-corrected chi connectivity index (χ4v) is 3.19. The highest BCUT2D eigenvalue weighted by atomic mass is 35.5. The van der Waals surface area contributed by atoms with Gasteiger partial charge in [0.1, 0.15) is 5.82 Å². The summed E-state index contributed by atoms with van der Waals surface area (Å²) in [6.07, 6.45) is 1.54. The smallest absolute Gasteiger partial charge is 0.330 e. The zero-order valence-corrected chi connectivity index (χ0v) is 17.6. The Balaban J connectivity index is 2.66. The maximum Gasteiger partial charge on any atom is 0.330 e. The first-order valence-corrected chi connectivity index (χ1v) is 9.82. The van der Waals surface area contributed by atoms with E-state index in [1.807, 2.05) is 20.8 Å². The minimum absolute atomic E-state index is 0.0247. The van der Waals surface area contributed by atoms with E-state index in [0.29, 0.717) is 18.0 Å². The first-order valence-electron chi connectivity index (χ1n) is 9.06. The molecule has 0 aliphatic heterocycles. The Labute approximate surface area is 173 Å². The number of hydrogen-bond acceptors (Lipinski definition) is 4. The number of amides is 1. The fraction of sp³-hybridized carbons (Fsp3) is 0.421. The molecule has 2 aromatic rings. The summed E-state index contributed by atoms with van der Waals surface area (Å²) in [5.74, 6) is -0.537. The molecule has 0 unspecified atom stereocenters. The SMILES string of the molecule is CCCCn1c(N)c(N(CC(C)C)C(=O)c2cc(Cl)ccc2Cl)c(=O)[nH]c1=O. The lowest BCUT2D eigenvalue weighted by Crippen LogP contribution is -2.42. The topological polar surface area (TPSA) is 101 Å². The number of aromatic amines is 1. The van der Waals surface area contributed by atoms with Crippen LogP contribution in [-0.2, 0) is 6.54 Å². The van der Waals surface area contributed by atoms with Crippen LogP contribution >= 0.6 is 23.2 Å². The van der Waals surface area contributed by atoms with Crippen molar-refractivity contribution in [2.45, 2.75) is 40.2 Å². The molecule has 0 atom stereocenters. The largest absolute Gasteiger partial charge is 0.383 e. The van der Waals surface area contributed by atoms with Gasteiger partial charge in [0.25, 0.3) is 11.5 Å². The molecule has 0 aliphatic rings. The van der Waals surface area contributed by atoms with E-state index < -0.39 is 17.2 Å². The summed E-state index contributed by atoms with van der Waals surface area (Å²) in [5, 5.41) is 0.546. The summed E-state index contributed by atoms with van der Waals surface area (Å²) in [7, 11) is 0. The minimum atomic E-state index is -0.720. The third-order valence-electron chi connectivity index (χ3n) is 4.17. The lowest BCUT2D eigenvalue weighted by molar-refractivity contribution is 0.0983. The maximum absolute atomic E-state index is 13.3. The number of unbranched alkanes of at least 4 members (excludes halogenated alkanes) is 1. The van der Waals surface area contributed by atoms with E-state index in [4.69, 9.17) is 28.9 Å². The molecular weight excluding hydrogens is 403 g/mol. The van der Waals surface area contributed by atoms with E-state index >= 15 is 0 Å². The minimum Gasteiger partial charge on any atom is -0.383 e. The second kappa shape index (κ2) is 9.30. The van der Waals surface area contributed by atoms with Crippen molar-refractivity contribution in [2.24, 2.45) is 5.92 Å². The molecule has 1 aromatic carbocycles. The van der Waals surface area contributed by atoms with E-state index in [1.165, 1.54) is 21.6 Å². The number of nitrogen functional groups attached to an aromatic ring is 1. The standard InChI is InChI=1S/C19H24Cl2N4O3/c1-4-5-8-24-16(22)15(17(26)23-19(24)28)25(10-11(2)3)18(27)13-9-12(20)6-7-14(13)21/h6-7,9,11H,4-5,8,10,22H2,1-3H3,(H,23,26,28). The van der Waals surface area contributed by atoms with Crippen molar-refractivity contribution in [3.05, 3.63) is 54.6 Å². The van der Waals surface area contributed by atoms with Crippen LogP contribution in [0, 0.1) is 5.92 Å². The molecule has 0 spiro atoms. The zero-order valence-electron chi connectivity index (χ0n) is 16.1. The number of nitrogens with one attached hydrogen (secondary N) is 1. The molecule has 152 valence electrons. The third kappa shape index (κ3) is 4.77. The number of rotatable bonds is 7. The Hall–Kier alpha value is -2.25. The number of H-pyrrole nitrogens is 1. The van der Waals surface area contributed by atoms with Crippen molar-refractivity contribution in [3.8, 4) is 0 Å². The number of hydrogen-bond donors (Lipinski definition) is 2. The third-order valence-corrected chi connectivity index (χ3v) is 4.74. The molecule has 3 N–H and O–H groups in total. The number of nitrogens with two attached hydrogens (primary N) is 1. The Bertz CT molecular complexity index is 982. The number of nitrogens with zero attached hydrogens (tertiary/aromatic N) is 2. The quantitative estimate of drug-likeness (QED) is 0.706. The van der Waals surface area contributed by atoms with Gasteiger partial charge in [-0.2, -0.15) is 0 Å². The lowest BCUT2D eigenvalue weighted by atomic mass is 10.1. The monoisotopic (exact) mass is 426 g/mol. The van der Waals surface area contributed by atoms with Crippen molar-refractivity contribution in [3.63, 3.8) is 0 Å². The number of aromatic nitrogens is 2. The lowest BCUT2D eigenvalue weighted by Gasteiger charge is -2.26. The average molecular weight is 427 g/mol. The fourth-order valence-electron chi connectivity index (χ4n) is 2.82. The predicted molar refractivity (Wildman–Crippen MR) is 114 cm³/mol. The molecule has 9 heteroatoms. The van der Waals surface area contributed by atoms with Crippen LogP contribution in [-0.4, -0.2) is 22.0 Å². The molecule has 0 saturated heterocycles. The van der Waals surface area contributed by atoms with Gasteiger partial charge in [0.05, 0.1) is 10.6 Å². The van der Waals surface area contributed by atoms with Gasteiger partial charge in [-0.15, -0.1) is 0 Å². The summed E-state index contributed by atoms with van der Waals surface area (Å²) < 4.78 is 1.28. The first-order chi connectivity index (χ1) is 13.2. The Morgan fingerprint density at radius 1 is 1.29 bits per heavy atom. The van der Waals surface area contributed by atoms with Gasteiger partial charge in [-0.1, -0.05) is 50.4 Å². The van der Waals surface area contributed by atoms with E-state index in [-0.39, 0.29) is 34.6 Å². The van der Waals surface area contributed by atoms with Gasteiger partial charge in [0.2, 0.25) is 0 Å². The van der Waals surface area contributed by atoms with Crippen molar-refractivity contribution in [2.75, 3.05) is 17.2 Å². The van der Waals surface area contributed by atoms with Gasteiger partial charge in [0, 0.05) is 18.1 Å². The zero-order chi connectivity index (χ0) is 21.0. The highest BCUT2D eigenvalue weighted by molar-refractivity contribution is 6.36. The summed E-state index contributed by atoms with van der Waals surface area (Å²) in [6.45, 7) is 6.33. The highest BCUT2D eigenvalue weighted by Gasteiger charge is 2.27. The normalized spacial score (nSPS) is 11.1. The highest BCUT2D eigenvalue weighted by Crippen LogP contribution is 2.26. The van der Waals surface area contributed by atoms with Crippen LogP contribution < -0.4 is 21.9 Å². The van der Waals surface area contributed by atoms with Gasteiger partial charge in [-0.25, -0.2) is 4.79 Å². The Kier molecular flexibility index (Phi) is 7.32. The molecule has 0 fully saturated rings. The molecule has 0 aliphatic carbocycles. The number of benzene rings is 1. The average Bonchev–Trinajstić information content (AvgIpc) is 2.61. The maximum atomic E-state index is 13.3. The molecule has 2 rings (SSSR count). The van der Waals surface area contributed by atoms with Gasteiger partial charge in [-0.05, 0) is 30.5 Å². The summed E-state index contributed by atoms with van der Waals surface area (Å²) in [6, 6.07) is 4.52. The van der Waals surface area contributed by atoms with Gasteiger partial charge < -0.3 is 10.6 Å². The molecule has 7 nitrogen and oxygen atoms in total. The number of anilines is 2. The molecule has 28 heavy (non-hydrogen) atoms. The van der Waals surface area contributed by atoms with E-state index in [0.717, 1.165) is 6.42 Å². The van der Waals surface area contributed by atoms with Crippen LogP contribution in [0.2, 0.25) is 10.0 Å². The van der Waals surface area contributed by atoms with Crippen LogP contribution in [0.3, 0.4) is 0 Å². The van der Waals surface area contributed by atoms with Gasteiger partial charge >= 0.3 is 5.69 Å². The molecule has 0 radical (unpaired) electrons. The van der Waals surface area contributed by atoms with E-state index in [2.05, 4.69) is 4.98 Å². The summed E-state index contributed by atoms with van der Waals surface area (Å²) >= 11 is 12.2. The number of carbonyl (C=O) groups excluding carboxylic acids is 1. The van der Waals surface area contributed by atoms with Crippen molar-refractivity contribution in [1.29, 1.82) is 0 Å². The Morgan fingerprint density at radius 2 is 1.96 bits per heavy atom. The molecule has 1 amide bonds. The summed E-state index contributed by atoms with van der Waals surface area (Å²) in [5.41, 5.74) is 4.94. The van der Waals surface area contributed by atoms with E-state index in [1.54, 1.807) is 6.07 Å². The molecule has 1 heterocycles. The van der Waals surface area contributed by atoms with Gasteiger partial charge in [-0.3, -0.25) is 19.1 Å². The van der Waals surface area contributed by atoms with Crippen LogP contribution in [0.15, 0.2) is 27.8 Å². The van der Waals surface area contributed by atoms with Crippen LogP contribution in [0.25, 0.3) is 0 Å². The van der Waals surface area contributed by atoms with Crippen LogP contribution in [0.4, 0.5) is 11.5 Å². The van der Waals surface area contributed by atoms with Crippen LogP contribution in [0.5, 0.6) is 0 Å². The number of carbonyl (C=O) groups is 1. The second-order valence-electron chi connectivity index (χ2n) is 6.93. The predicted octanol–water partition coefficient (Wildman–Crippen LogP) is 3.53. The van der Waals surface area contributed by atoms with Crippen molar-refractivity contribution >= 4 is 40.6 Å². The molecular formula is C19H24Cl2N4O3. The van der Waals surface area contributed by atoms with Crippen molar-refractivity contribution < 1.29 is 4.79 Å². The Morgan fingerprint density at radius 3 is 2.57 bits per heavy atom. The summed E-state index contributed by atoms with van der Waals surface area (Å²) in [4.78, 5) is 41.6.